The number of hydrogen-bond donors (Lipinski definition) is 4. The number of benzene rings is 2. The summed E-state index contributed by atoms with van der Waals surface area (Å²) in [5.74, 6) is -1.51. The number of hydrogen-bond acceptors (Lipinski definition) is 4. The molecule has 0 aliphatic heterocycles. The van der Waals surface area contributed by atoms with Crippen molar-refractivity contribution < 1.29 is 19.8 Å². The molecule has 0 spiro atoms. The van der Waals surface area contributed by atoms with Gasteiger partial charge in [-0.3, -0.25) is 9.59 Å². The van der Waals surface area contributed by atoms with Gasteiger partial charge in [0, 0.05) is 11.2 Å². The van der Waals surface area contributed by atoms with Crippen LogP contribution in [0.3, 0.4) is 0 Å². The van der Waals surface area contributed by atoms with Crippen LogP contribution in [0.25, 0.3) is 0 Å². The Balaban J connectivity index is 1.81. The second-order valence-corrected chi connectivity index (χ2v) is 7.17. The zero-order chi connectivity index (χ0) is 22.4. The van der Waals surface area contributed by atoms with Gasteiger partial charge in [0.05, 0.1) is 19.0 Å². The van der Waals surface area contributed by atoms with Gasteiger partial charge in [-0.05, 0) is 23.3 Å². The monoisotopic (exact) mass is 441 g/mol. The normalized spacial score (nSPS) is 11.5. The molecule has 1 aromatic heterocycles. The van der Waals surface area contributed by atoms with E-state index in [0.717, 1.165) is 0 Å². The Labute approximate surface area is 182 Å². The summed E-state index contributed by atoms with van der Waals surface area (Å²) in [5.41, 5.74) is 0.324. The maximum absolute atomic E-state index is 12.8. The van der Waals surface area contributed by atoms with Crippen molar-refractivity contribution in [3.63, 3.8) is 0 Å². The number of rotatable bonds is 7. The number of anilines is 1. The lowest BCUT2D eigenvalue weighted by Gasteiger charge is -2.18. The summed E-state index contributed by atoms with van der Waals surface area (Å²) in [6, 6.07) is 15.2. The molecular weight excluding hydrogens is 422 g/mol. The predicted octanol–water partition coefficient (Wildman–Crippen LogP) is 3.59. The Hall–Kier alpha value is -3.78. The van der Waals surface area contributed by atoms with Gasteiger partial charge in [0.25, 0.3) is 5.56 Å². The summed E-state index contributed by atoms with van der Waals surface area (Å²) in [7, 11) is 0. The van der Waals surface area contributed by atoms with E-state index in [-0.39, 0.29) is 18.7 Å². The maximum Gasteiger partial charge on any atom is 0.319 e. The minimum atomic E-state index is -1.10. The average Bonchev–Trinajstić information content (AvgIpc) is 2.74. The van der Waals surface area contributed by atoms with Gasteiger partial charge in [-0.1, -0.05) is 60.1 Å². The molecule has 0 fully saturated rings. The molecule has 0 unspecified atom stereocenters. The van der Waals surface area contributed by atoms with Crippen molar-refractivity contribution in [2.75, 3.05) is 5.32 Å². The fourth-order valence-corrected chi connectivity index (χ4v) is 3.23. The number of carboxylic acids is 1. The van der Waals surface area contributed by atoms with E-state index in [1.54, 1.807) is 54.6 Å². The van der Waals surface area contributed by atoms with Gasteiger partial charge in [0.15, 0.2) is 5.69 Å². The Bertz CT molecular complexity index is 1150. The predicted molar refractivity (Wildman–Crippen MR) is 117 cm³/mol. The summed E-state index contributed by atoms with van der Waals surface area (Å²) in [4.78, 5) is 36.5. The van der Waals surface area contributed by atoms with E-state index in [1.807, 2.05) is 0 Å². The average molecular weight is 442 g/mol. The van der Waals surface area contributed by atoms with Crippen molar-refractivity contribution in [1.29, 1.82) is 0 Å². The van der Waals surface area contributed by atoms with Gasteiger partial charge in [-0.25, -0.2) is 4.79 Å². The summed E-state index contributed by atoms with van der Waals surface area (Å²) >= 11 is 6.15. The van der Waals surface area contributed by atoms with Gasteiger partial charge in [0.1, 0.15) is 5.75 Å². The molecular formula is C22H20ClN3O5. The number of aromatic nitrogens is 1. The molecule has 1 atom stereocenters. The molecule has 0 aliphatic carbocycles. The molecule has 9 heteroatoms. The maximum atomic E-state index is 12.8. The minimum Gasteiger partial charge on any atom is -0.505 e. The zero-order valence-corrected chi connectivity index (χ0v) is 17.0. The number of carboxylic acid groups (broad SMARTS) is 1. The highest BCUT2D eigenvalue weighted by atomic mass is 35.5. The van der Waals surface area contributed by atoms with E-state index in [0.29, 0.717) is 16.1 Å². The Kier molecular flexibility index (Phi) is 6.94. The van der Waals surface area contributed by atoms with E-state index in [2.05, 4.69) is 10.6 Å². The van der Waals surface area contributed by atoms with Gasteiger partial charge in [-0.15, -0.1) is 0 Å². The summed E-state index contributed by atoms with van der Waals surface area (Å²) in [5, 5.41) is 24.6. The van der Waals surface area contributed by atoms with Crippen LogP contribution >= 0.6 is 11.6 Å². The first-order valence-electron chi connectivity index (χ1n) is 9.35. The lowest BCUT2D eigenvalue weighted by atomic mass is 10.0. The van der Waals surface area contributed by atoms with E-state index in [1.165, 1.54) is 16.8 Å². The van der Waals surface area contributed by atoms with Gasteiger partial charge >= 0.3 is 12.0 Å². The molecule has 2 amide bonds. The minimum absolute atomic E-state index is 0.140. The first-order valence-corrected chi connectivity index (χ1v) is 9.73. The van der Waals surface area contributed by atoms with Crippen LogP contribution in [0, 0.1) is 0 Å². The summed E-state index contributed by atoms with van der Waals surface area (Å²) < 4.78 is 1.29. The number of carbonyl (C=O) groups excluding carboxylic acids is 1. The number of aromatic hydroxyl groups is 1. The third kappa shape index (κ3) is 5.64. The number of aliphatic carboxylic acids is 1. The van der Waals surface area contributed by atoms with Crippen molar-refractivity contribution in [3.05, 3.63) is 93.4 Å². The highest BCUT2D eigenvalue weighted by Crippen LogP contribution is 2.21. The van der Waals surface area contributed by atoms with E-state index < -0.39 is 29.4 Å². The van der Waals surface area contributed by atoms with Gasteiger partial charge < -0.3 is 25.4 Å². The smallest absolute Gasteiger partial charge is 0.319 e. The topological polar surface area (TPSA) is 121 Å². The van der Waals surface area contributed by atoms with Crippen molar-refractivity contribution in [3.8, 4) is 5.75 Å². The lowest BCUT2D eigenvalue weighted by molar-refractivity contribution is -0.137. The second kappa shape index (κ2) is 9.82. The summed E-state index contributed by atoms with van der Waals surface area (Å²) in [6.45, 7) is 0.140. The highest BCUT2D eigenvalue weighted by molar-refractivity contribution is 6.31. The molecule has 0 saturated heterocycles. The standard InChI is InChI=1S/C22H20ClN3O5/c23-16-9-5-4-8-15(16)13-26-11-10-18(27)20(21(26)30)25-22(31)24-17(12-19(28)29)14-6-2-1-3-7-14/h1-11,17,27H,12-13H2,(H,28,29)(H2,24,25,31)/t17-/m0/s1. The molecule has 4 N–H and O–H groups in total. The summed E-state index contributed by atoms with van der Waals surface area (Å²) in [6.07, 6.45) is 1.04. The van der Waals surface area contributed by atoms with Crippen LogP contribution in [0.1, 0.15) is 23.6 Å². The van der Waals surface area contributed by atoms with E-state index >= 15 is 0 Å². The van der Waals surface area contributed by atoms with Crippen LogP contribution in [0.4, 0.5) is 10.5 Å². The molecule has 3 aromatic rings. The van der Waals surface area contributed by atoms with Crippen LogP contribution in [-0.2, 0) is 11.3 Å². The number of amides is 2. The molecule has 0 saturated carbocycles. The van der Waals surface area contributed by atoms with Crippen molar-refractivity contribution >= 4 is 29.3 Å². The molecule has 0 bridgehead atoms. The van der Waals surface area contributed by atoms with Crippen molar-refractivity contribution in [1.82, 2.24) is 9.88 Å². The number of nitrogens with one attached hydrogen (secondary N) is 2. The van der Waals surface area contributed by atoms with Gasteiger partial charge in [-0.2, -0.15) is 0 Å². The van der Waals surface area contributed by atoms with E-state index in [9.17, 15) is 19.5 Å². The SMILES string of the molecule is O=C(O)C[C@H](NC(=O)Nc1c(O)ccn(Cc2ccccc2Cl)c1=O)c1ccccc1. The van der Waals surface area contributed by atoms with Crippen molar-refractivity contribution in [2.45, 2.75) is 19.0 Å². The molecule has 3 rings (SSSR count). The third-order valence-corrected chi connectivity index (χ3v) is 4.94. The molecule has 31 heavy (non-hydrogen) atoms. The number of pyridine rings is 1. The Morgan fingerprint density at radius 2 is 1.71 bits per heavy atom. The first-order chi connectivity index (χ1) is 14.8. The van der Waals surface area contributed by atoms with Crippen molar-refractivity contribution in [2.24, 2.45) is 0 Å². The van der Waals surface area contributed by atoms with Gasteiger partial charge in [0.2, 0.25) is 0 Å². The first kappa shape index (κ1) is 21.9. The largest absolute Gasteiger partial charge is 0.505 e. The molecule has 1 heterocycles. The third-order valence-electron chi connectivity index (χ3n) is 4.57. The molecule has 0 radical (unpaired) electrons. The second-order valence-electron chi connectivity index (χ2n) is 6.76. The highest BCUT2D eigenvalue weighted by Gasteiger charge is 2.20. The number of urea groups is 1. The Morgan fingerprint density at radius 3 is 2.39 bits per heavy atom. The number of nitrogens with zero attached hydrogens (tertiary/aromatic N) is 1. The van der Waals surface area contributed by atoms with Crippen LogP contribution in [0.5, 0.6) is 5.75 Å². The fraction of sp³-hybridized carbons (Fsp3) is 0.136. The lowest BCUT2D eigenvalue weighted by Crippen LogP contribution is -2.36. The molecule has 8 nitrogen and oxygen atoms in total. The zero-order valence-electron chi connectivity index (χ0n) is 16.3. The van der Waals surface area contributed by atoms with Crippen LogP contribution in [0.15, 0.2) is 71.7 Å². The van der Waals surface area contributed by atoms with E-state index in [4.69, 9.17) is 16.7 Å². The number of carbonyl (C=O) groups is 2. The van der Waals surface area contributed by atoms with Crippen LogP contribution < -0.4 is 16.2 Å². The number of halogens is 1. The Morgan fingerprint density at radius 1 is 1.03 bits per heavy atom. The molecule has 0 aliphatic rings. The fourth-order valence-electron chi connectivity index (χ4n) is 3.04. The van der Waals surface area contributed by atoms with Crippen LogP contribution in [-0.4, -0.2) is 26.8 Å². The quantitative estimate of drug-likeness (QED) is 0.446. The van der Waals surface area contributed by atoms with Crippen LogP contribution in [0.2, 0.25) is 5.02 Å². The molecule has 160 valence electrons. The molecule has 2 aromatic carbocycles.